The van der Waals surface area contributed by atoms with Gasteiger partial charge in [0.1, 0.15) is 0 Å². The van der Waals surface area contributed by atoms with E-state index in [0.717, 1.165) is 17.9 Å². The molecule has 0 aromatic carbocycles. The maximum absolute atomic E-state index is 5.24. The van der Waals surface area contributed by atoms with E-state index in [4.69, 9.17) is 9.47 Å². The smallest absolute Gasteiger partial charge is 0.231 e. The van der Waals surface area contributed by atoms with Gasteiger partial charge in [0.25, 0.3) is 0 Å². The number of rotatable bonds is 3. The summed E-state index contributed by atoms with van der Waals surface area (Å²) in [5.41, 5.74) is 1.27. The van der Waals surface area contributed by atoms with Gasteiger partial charge in [0.2, 0.25) is 6.79 Å². The molecule has 2 heteroatoms. The van der Waals surface area contributed by atoms with Crippen LogP contribution in [0.25, 0.3) is 0 Å². The van der Waals surface area contributed by atoms with Crippen molar-refractivity contribution in [1.82, 2.24) is 0 Å². The summed E-state index contributed by atoms with van der Waals surface area (Å²) in [5, 5.41) is 0. The van der Waals surface area contributed by atoms with Gasteiger partial charge < -0.3 is 9.47 Å². The van der Waals surface area contributed by atoms with Crippen molar-refractivity contribution < 1.29 is 9.47 Å². The Kier molecular flexibility index (Phi) is 2.97. The van der Waals surface area contributed by atoms with Crippen molar-refractivity contribution in [3.05, 3.63) is 35.8 Å². The highest BCUT2D eigenvalue weighted by Crippen LogP contribution is 2.19. The Labute approximate surface area is 73.2 Å². The SMILES string of the molecule is C=CC1=C(/C=C(/C)CC)OCO1. The maximum atomic E-state index is 5.24. The van der Waals surface area contributed by atoms with Crippen LogP contribution in [0.5, 0.6) is 0 Å². The summed E-state index contributed by atoms with van der Waals surface area (Å²) in [6.07, 6.45) is 4.68. The quantitative estimate of drug-likeness (QED) is 0.641. The van der Waals surface area contributed by atoms with E-state index in [1.807, 2.05) is 6.08 Å². The molecule has 2 nitrogen and oxygen atoms in total. The van der Waals surface area contributed by atoms with Crippen molar-refractivity contribution in [1.29, 1.82) is 0 Å². The zero-order chi connectivity index (χ0) is 8.97. The molecular formula is C10H14O2. The summed E-state index contributed by atoms with van der Waals surface area (Å²) in [6.45, 7) is 8.12. The lowest BCUT2D eigenvalue weighted by molar-refractivity contribution is 0.0777. The van der Waals surface area contributed by atoms with E-state index < -0.39 is 0 Å². The van der Waals surface area contributed by atoms with E-state index in [-0.39, 0.29) is 0 Å². The standard InChI is InChI=1S/C10H14O2/c1-4-8(3)6-10-9(5-2)11-7-12-10/h5-6H,2,4,7H2,1,3H3/b8-6-. The third-order valence-corrected chi connectivity index (χ3v) is 1.79. The fourth-order valence-electron chi connectivity index (χ4n) is 0.897. The van der Waals surface area contributed by atoms with Crippen LogP contribution >= 0.6 is 0 Å². The Morgan fingerprint density at radius 3 is 2.75 bits per heavy atom. The minimum atomic E-state index is 0.310. The van der Waals surface area contributed by atoms with Crippen LogP contribution in [0.3, 0.4) is 0 Å². The van der Waals surface area contributed by atoms with Gasteiger partial charge in [0, 0.05) is 0 Å². The first-order valence-corrected chi connectivity index (χ1v) is 4.07. The van der Waals surface area contributed by atoms with Gasteiger partial charge in [0.15, 0.2) is 11.5 Å². The van der Waals surface area contributed by atoms with Gasteiger partial charge in [-0.1, -0.05) is 19.1 Å². The summed E-state index contributed by atoms with van der Waals surface area (Å²) < 4.78 is 10.4. The Morgan fingerprint density at radius 1 is 1.50 bits per heavy atom. The van der Waals surface area contributed by atoms with Gasteiger partial charge in [-0.3, -0.25) is 0 Å². The van der Waals surface area contributed by atoms with Gasteiger partial charge in [-0.25, -0.2) is 0 Å². The zero-order valence-electron chi connectivity index (χ0n) is 7.59. The third-order valence-electron chi connectivity index (χ3n) is 1.79. The number of allylic oxidation sites excluding steroid dienone is 3. The molecule has 0 aliphatic carbocycles. The highest BCUT2D eigenvalue weighted by molar-refractivity contribution is 5.27. The van der Waals surface area contributed by atoms with Gasteiger partial charge in [-0.2, -0.15) is 0 Å². The molecule has 0 saturated carbocycles. The molecule has 0 bridgehead atoms. The molecule has 0 amide bonds. The summed E-state index contributed by atoms with van der Waals surface area (Å²) in [6, 6.07) is 0. The Morgan fingerprint density at radius 2 is 2.17 bits per heavy atom. The Hall–Kier alpha value is -1.18. The molecule has 0 N–H and O–H groups in total. The lowest BCUT2D eigenvalue weighted by atomic mass is 10.2. The highest BCUT2D eigenvalue weighted by Gasteiger charge is 2.11. The largest absolute Gasteiger partial charge is 0.454 e. The van der Waals surface area contributed by atoms with Crippen molar-refractivity contribution in [2.45, 2.75) is 20.3 Å². The van der Waals surface area contributed by atoms with Crippen LogP contribution in [-0.2, 0) is 9.47 Å². The molecule has 1 aliphatic heterocycles. The first kappa shape index (κ1) is 8.91. The molecule has 1 rings (SSSR count). The molecule has 0 aromatic rings. The molecule has 0 radical (unpaired) electrons. The fraction of sp³-hybridized carbons (Fsp3) is 0.400. The zero-order valence-corrected chi connectivity index (χ0v) is 7.59. The van der Waals surface area contributed by atoms with E-state index in [2.05, 4.69) is 20.4 Å². The maximum Gasteiger partial charge on any atom is 0.231 e. The highest BCUT2D eigenvalue weighted by atomic mass is 16.7. The molecule has 0 fully saturated rings. The lowest BCUT2D eigenvalue weighted by Crippen LogP contribution is -1.83. The van der Waals surface area contributed by atoms with E-state index in [1.54, 1.807) is 6.08 Å². The van der Waals surface area contributed by atoms with Crippen molar-refractivity contribution in [2.75, 3.05) is 6.79 Å². The monoisotopic (exact) mass is 166 g/mol. The normalized spacial score (nSPS) is 17.3. The predicted octanol–water partition coefficient (Wildman–Crippen LogP) is 2.74. The molecular weight excluding hydrogens is 152 g/mol. The second kappa shape index (κ2) is 4.00. The Bertz CT molecular complexity index is 236. The minimum Gasteiger partial charge on any atom is -0.454 e. The van der Waals surface area contributed by atoms with Crippen molar-refractivity contribution in [3.63, 3.8) is 0 Å². The van der Waals surface area contributed by atoms with Crippen LogP contribution in [0.15, 0.2) is 35.8 Å². The molecule has 66 valence electrons. The summed E-state index contributed by atoms with van der Waals surface area (Å²) >= 11 is 0. The third kappa shape index (κ3) is 1.91. The lowest BCUT2D eigenvalue weighted by Gasteiger charge is -1.96. The molecule has 12 heavy (non-hydrogen) atoms. The second-order valence-electron chi connectivity index (χ2n) is 2.68. The van der Waals surface area contributed by atoms with Crippen LogP contribution in [0.2, 0.25) is 0 Å². The van der Waals surface area contributed by atoms with Gasteiger partial charge in [-0.15, -0.1) is 0 Å². The number of ether oxygens (including phenoxy) is 2. The van der Waals surface area contributed by atoms with E-state index >= 15 is 0 Å². The van der Waals surface area contributed by atoms with Crippen LogP contribution < -0.4 is 0 Å². The van der Waals surface area contributed by atoms with E-state index in [9.17, 15) is 0 Å². The average Bonchev–Trinajstić information content (AvgIpc) is 2.51. The number of hydrogen-bond acceptors (Lipinski definition) is 2. The topological polar surface area (TPSA) is 18.5 Å². The first-order chi connectivity index (χ1) is 5.77. The van der Waals surface area contributed by atoms with E-state index in [0.29, 0.717) is 6.79 Å². The van der Waals surface area contributed by atoms with Crippen molar-refractivity contribution in [3.8, 4) is 0 Å². The van der Waals surface area contributed by atoms with Gasteiger partial charge in [-0.05, 0) is 25.5 Å². The van der Waals surface area contributed by atoms with Crippen LogP contribution in [-0.4, -0.2) is 6.79 Å². The summed E-state index contributed by atoms with van der Waals surface area (Å²) in [4.78, 5) is 0. The predicted molar refractivity (Wildman–Crippen MR) is 48.3 cm³/mol. The van der Waals surface area contributed by atoms with Crippen molar-refractivity contribution in [2.24, 2.45) is 0 Å². The Balaban J connectivity index is 2.79. The molecule has 0 unspecified atom stereocenters. The average molecular weight is 166 g/mol. The molecule has 0 saturated heterocycles. The molecule has 1 heterocycles. The fourth-order valence-corrected chi connectivity index (χ4v) is 0.897. The molecule has 0 aromatic heterocycles. The first-order valence-electron chi connectivity index (χ1n) is 4.07. The van der Waals surface area contributed by atoms with E-state index in [1.165, 1.54) is 5.57 Å². The van der Waals surface area contributed by atoms with Crippen LogP contribution in [0.1, 0.15) is 20.3 Å². The molecule has 0 spiro atoms. The minimum absolute atomic E-state index is 0.310. The summed E-state index contributed by atoms with van der Waals surface area (Å²) in [5.74, 6) is 1.53. The van der Waals surface area contributed by atoms with Crippen molar-refractivity contribution >= 4 is 0 Å². The van der Waals surface area contributed by atoms with Crippen LogP contribution in [0, 0.1) is 0 Å². The second-order valence-corrected chi connectivity index (χ2v) is 2.68. The van der Waals surface area contributed by atoms with Crippen LogP contribution in [0.4, 0.5) is 0 Å². The summed E-state index contributed by atoms with van der Waals surface area (Å²) in [7, 11) is 0. The molecule has 1 aliphatic rings. The van der Waals surface area contributed by atoms with Gasteiger partial charge >= 0.3 is 0 Å². The molecule has 0 atom stereocenters. The number of hydrogen-bond donors (Lipinski definition) is 0. The van der Waals surface area contributed by atoms with Gasteiger partial charge in [0.05, 0.1) is 0 Å².